The molecule has 3 saturated carbocycles. The van der Waals surface area contributed by atoms with Gasteiger partial charge in [0.1, 0.15) is 0 Å². The lowest BCUT2D eigenvalue weighted by molar-refractivity contribution is -0.210. The van der Waals surface area contributed by atoms with Gasteiger partial charge in [-0.3, -0.25) is 4.79 Å². The van der Waals surface area contributed by atoms with Crippen LogP contribution in [-0.4, -0.2) is 17.0 Å². The van der Waals surface area contributed by atoms with Gasteiger partial charge in [-0.1, -0.05) is 33.8 Å². The van der Waals surface area contributed by atoms with Crippen LogP contribution >= 0.6 is 0 Å². The van der Waals surface area contributed by atoms with E-state index in [1.807, 2.05) is 6.92 Å². The Morgan fingerprint density at radius 1 is 1.23 bits per heavy atom. The minimum Gasteiger partial charge on any atom is -0.393 e. The van der Waals surface area contributed by atoms with Gasteiger partial charge in [-0.05, 0) is 72.7 Å². The normalized spacial score (nSPS) is 46.9. The van der Waals surface area contributed by atoms with Crippen molar-refractivity contribution in [1.82, 2.24) is 0 Å². The first kappa shape index (κ1) is 16.2. The molecule has 22 heavy (non-hydrogen) atoms. The van der Waals surface area contributed by atoms with Crippen molar-refractivity contribution in [2.45, 2.75) is 79.2 Å². The minimum absolute atomic E-state index is 0.122. The van der Waals surface area contributed by atoms with Gasteiger partial charge in [0.05, 0.1) is 6.10 Å². The van der Waals surface area contributed by atoms with E-state index in [2.05, 4.69) is 33.8 Å². The van der Waals surface area contributed by atoms with Crippen molar-refractivity contribution in [3.05, 3.63) is 11.6 Å². The molecule has 4 aliphatic carbocycles. The Balaban J connectivity index is 1.72. The molecule has 0 aromatic heterocycles. The summed E-state index contributed by atoms with van der Waals surface area (Å²) in [5, 5.41) is 10.5. The van der Waals surface area contributed by atoms with Crippen LogP contribution in [0.4, 0.5) is 0 Å². The Kier molecular flexibility index (Phi) is 3.64. The molecule has 0 amide bonds. The van der Waals surface area contributed by atoms with Crippen molar-refractivity contribution >= 4 is 5.78 Å². The van der Waals surface area contributed by atoms with Gasteiger partial charge in [-0.15, -0.1) is 0 Å². The number of hydrogen-bond donors (Lipinski definition) is 1. The number of carbonyl (C=O) groups excluding carboxylic acids is 1. The van der Waals surface area contributed by atoms with E-state index in [1.54, 1.807) is 0 Å². The Bertz CT molecular complexity index is 518. The lowest BCUT2D eigenvalue weighted by Crippen LogP contribution is -2.62. The third-order valence-corrected chi connectivity index (χ3v) is 7.52. The third-order valence-electron chi connectivity index (χ3n) is 7.52. The van der Waals surface area contributed by atoms with Crippen molar-refractivity contribution < 1.29 is 9.90 Å². The van der Waals surface area contributed by atoms with Gasteiger partial charge in [0, 0.05) is 6.42 Å². The topological polar surface area (TPSA) is 37.3 Å². The molecule has 0 saturated heterocycles. The first-order chi connectivity index (χ1) is 10.1. The Morgan fingerprint density at radius 2 is 1.91 bits per heavy atom. The molecule has 0 unspecified atom stereocenters. The van der Waals surface area contributed by atoms with Crippen LogP contribution in [0.2, 0.25) is 0 Å². The Labute approximate surface area is 135 Å². The molecule has 2 heteroatoms. The summed E-state index contributed by atoms with van der Waals surface area (Å²) in [7, 11) is 0. The highest BCUT2D eigenvalue weighted by atomic mass is 16.3. The maximum Gasteiger partial charge on any atom is 0.158 e. The predicted octanol–water partition coefficient (Wildman–Crippen LogP) is 4.52. The number of allylic oxidation sites excluding steroid dienone is 2. The third kappa shape index (κ3) is 2.38. The first-order valence-electron chi connectivity index (χ1n) is 8.98. The van der Waals surface area contributed by atoms with Gasteiger partial charge in [0.25, 0.3) is 0 Å². The molecule has 0 aromatic rings. The fraction of sp³-hybridized carbons (Fsp3) is 0.850. The number of aliphatic hydroxyl groups is 1. The highest BCUT2D eigenvalue weighted by Gasteiger charge is 2.62. The number of ketones is 1. The number of fused-ring (bicyclic) bond motifs is 2. The zero-order valence-electron chi connectivity index (χ0n) is 14.9. The van der Waals surface area contributed by atoms with Crippen LogP contribution in [0.15, 0.2) is 11.6 Å². The van der Waals surface area contributed by atoms with Crippen LogP contribution in [0.25, 0.3) is 0 Å². The zero-order chi connectivity index (χ0) is 16.3. The van der Waals surface area contributed by atoms with Crippen molar-refractivity contribution in [1.29, 1.82) is 0 Å². The van der Waals surface area contributed by atoms with E-state index in [0.717, 1.165) is 30.8 Å². The molecule has 0 heterocycles. The SMILES string of the molecule is CC1=C[C@@](C)(CC[C@@]2(C)C[C@H](O)[C@H]3C[C@@H]2C3(C)C)CCC1=O. The van der Waals surface area contributed by atoms with E-state index >= 15 is 0 Å². The summed E-state index contributed by atoms with van der Waals surface area (Å²) in [6.45, 7) is 11.4. The summed E-state index contributed by atoms with van der Waals surface area (Å²) in [5.41, 5.74) is 1.66. The van der Waals surface area contributed by atoms with Crippen molar-refractivity contribution in [2.75, 3.05) is 0 Å². The summed E-state index contributed by atoms with van der Waals surface area (Å²) in [6, 6.07) is 0. The van der Waals surface area contributed by atoms with E-state index in [4.69, 9.17) is 0 Å². The molecule has 0 aliphatic heterocycles. The second kappa shape index (κ2) is 4.93. The standard InChI is InChI=1S/C20H32O2/c1-13-11-19(4,7-6-15(13)21)8-9-20(5)12-16(22)14-10-17(20)18(14,2)3/h11,14,16-17,22H,6-10,12H2,1-5H3/t14-,16+,17-,19-,20+/m1/s1. The van der Waals surface area contributed by atoms with Gasteiger partial charge < -0.3 is 5.11 Å². The van der Waals surface area contributed by atoms with Gasteiger partial charge in [-0.25, -0.2) is 0 Å². The summed E-state index contributed by atoms with van der Waals surface area (Å²) in [4.78, 5) is 11.7. The van der Waals surface area contributed by atoms with E-state index in [-0.39, 0.29) is 16.9 Å². The van der Waals surface area contributed by atoms with Gasteiger partial charge in [-0.2, -0.15) is 0 Å². The molecule has 0 aromatic carbocycles. The van der Waals surface area contributed by atoms with E-state index in [1.165, 1.54) is 12.8 Å². The number of carbonyl (C=O) groups is 1. The van der Waals surface area contributed by atoms with Crippen LogP contribution in [0, 0.1) is 28.1 Å². The lowest BCUT2D eigenvalue weighted by Gasteiger charge is -2.66. The summed E-state index contributed by atoms with van der Waals surface area (Å²) in [5.74, 6) is 1.57. The fourth-order valence-electron chi connectivity index (χ4n) is 5.87. The maximum absolute atomic E-state index is 11.7. The smallest absolute Gasteiger partial charge is 0.158 e. The Hall–Kier alpha value is -0.630. The quantitative estimate of drug-likeness (QED) is 0.832. The molecule has 0 radical (unpaired) electrons. The van der Waals surface area contributed by atoms with Crippen molar-refractivity contribution in [3.63, 3.8) is 0 Å². The van der Waals surface area contributed by atoms with E-state index in [0.29, 0.717) is 23.5 Å². The highest BCUT2D eigenvalue weighted by Crippen LogP contribution is 2.67. The number of rotatable bonds is 3. The summed E-state index contributed by atoms with van der Waals surface area (Å²) >= 11 is 0. The molecule has 4 rings (SSSR count). The zero-order valence-corrected chi connectivity index (χ0v) is 14.9. The number of Topliss-reactive ketones (excluding diaryl/α,β-unsaturated/α-hetero) is 1. The molecule has 2 nitrogen and oxygen atoms in total. The van der Waals surface area contributed by atoms with E-state index < -0.39 is 0 Å². The fourth-order valence-corrected chi connectivity index (χ4v) is 5.87. The summed E-state index contributed by atoms with van der Waals surface area (Å²) in [6.07, 6.45) is 8.25. The van der Waals surface area contributed by atoms with Crippen molar-refractivity contribution in [3.8, 4) is 0 Å². The van der Waals surface area contributed by atoms with Crippen LogP contribution < -0.4 is 0 Å². The highest BCUT2D eigenvalue weighted by molar-refractivity contribution is 5.95. The van der Waals surface area contributed by atoms with Gasteiger partial charge in [0.2, 0.25) is 0 Å². The lowest BCUT2D eigenvalue weighted by atomic mass is 9.39. The second-order valence-corrected chi connectivity index (χ2v) is 9.55. The molecule has 1 N–H and O–H groups in total. The average Bonchev–Trinajstić information content (AvgIpc) is 2.40. The monoisotopic (exact) mass is 304 g/mol. The molecule has 5 atom stereocenters. The van der Waals surface area contributed by atoms with E-state index in [9.17, 15) is 9.90 Å². The molecule has 4 aliphatic rings. The number of hydrogen-bond acceptors (Lipinski definition) is 2. The van der Waals surface area contributed by atoms with Gasteiger partial charge >= 0.3 is 0 Å². The Morgan fingerprint density at radius 3 is 2.45 bits per heavy atom. The predicted molar refractivity (Wildman–Crippen MR) is 89.4 cm³/mol. The number of aliphatic hydroxyl groups excluding tert-OH is 1. The van der Waals surface area contributed by atoms with Crippen LogP contribution in [0.5, 0.6) is 0 Å². The van der Waals surface area contributed by atoms with Crippen LogP contribution in [0.3, 0.4) is 0 Å². The first-order valence-corrected chi connectivity index (χ1v) is 8.98. The molecule has 124 valence electrons. The molecular formula is C20H32O2. The average molecular weight is 304 g/mol. The largest absolute Gasteiger partial charge is 0.393 e. The van der Waals surface area contributed by atoms with Gasteiger partial charge in [0.15, 0.2) is 5.78 Å². The second-order valence-electron chi connectivity index (χ2n) is 9.55. The molecular weight excluding hydrogens is 272 g/mol. The minimum atomic E-state index is -0.122. The molecule has 2 bridgehead atoms. The molecule has 0 spiro atoms. The maximum atomic E-state index is 11.7. The summed E-state index contributed by atoms with van der Waals surface area (Å²) < 4.78 is 0. The van der Waals surface area contributed by atoms with Crippen LogP contribution in [-0.2, 0) is 4.79 Å². The van der Waals surface area contributed by atoms with Crippen molar-refractivity contribution in [2.24, 2.45) is 28.1 Å². The van der Waals surface area contributed by atoms with Crippen LogP contribution in [0.1, 0.15) is 73.1 Å². The molecule has 3 fully saturated rings.